The van der Waals surface area contributed by atoms with Crippen molar-refractivity contribution in [1.82, 2.24) is 0 Å². The van der Waals surface area contributed by atoms with E-state index in [4.69, 9.17) is 4.74 Å². The molecule has 2 N–H and O–H groups in total. The zero-order valence-electron chi connectivity index (χ0n) is 22.9. The Balaban J connectivity index is 1.97. The summed E-state index contributed by atoms with van der Waals surface area (Å²) in [4.78, 5) is 38.3. The van der Waals surface area contributed by atoms with E-state index in [1.807, 2.05) is 49.4 Å². The first-order valence-corrected chi connectivity index (χ1v) is 14.9. The van der Waals surface area contributed by atoms with Gasteiger partial charge in [0.1, 0.15) is 23.7 Å². The van der Waals surface area contributed by atoms with Gasteiger partial charge in [0, 0.05) is 16.5 Å². The molecular formula is C33H28I2O6. The lowest BCUT2D eigenvalue weighted by atomic mass is 9.69. The van der Waals surface area contributed by atoms with Crippen LogP contribution in [0.25, 0.3) is 0 Å². The molecule has 6 nitrogen and oxygen atoms in total. The van der Waals surface area contributed by atoms with Gasteiger partial charge in [-0.05, 0) is 137 Å². The predicted octanol–water partition coefficient (Wildman–Crippen LogP) is 7.73. The van der Waals surface area contributed by atoms with E-state index >= 15 is 0 Å². The molecule has 4 aromatic rings. The number of ether oxygens (including phenoxy) is 1. The van der Waals surface area contributed by atoms with Crippen molar-refractivity contribution in [2.75, 3.05) is 0 Å². The van der Waals surface area contributed by atoms with Crippen LogP contribution >= 0.6 is 45.2 Å². The van der Waals surface area contributed by atoms with Gasteiger partial charge in [0.15, 0.2) is 11.6 Å². The highest BCUT2D eigenvalue weighted by molar-refractivity contribution is 14.1. The summed E-state index contributed by atoms with van der Waals surface area (Å²) >= 11 is 4.12. The van der Waals surface area contributed by atoms with Crippen molar-refractivity contribution in [2.45, 2.75) is 39.7 Å². The molecule has 1 atom stereocenters. The monoisotopic (exact) mass is 774 g/mol. The van der Waals surface area contributed by atoms with Gasteiger partial charge in [-0.3, -0.25) is 9.59 Å². The van der Waals surface area contributed by atoms with Crippen molar-refractivity contribution >= 4 is 62.7 Å². The Morgan fingerprint density at radius 3 is 1.80 bits per heavy atom. The molecule has 0 amide bonds. The first kappa shape index (κ1) is 30.7. The maximum Gasteiger partial charge on any atom is 0.342 e. The molecule has 0 radical (unpaired) electrons. The number of hydrogen-bond acceptors (Lipinski definition) is 6. The molecule has 41 heavy (non-hydrogen) atoms. The highest BCUT2D eigenvalue weighted by Crippen LogP contribution is 2.44. The van der Waals surface area contributed by atoms with Gasteiger partial charge >= 0.3 is 5.97 Å². The summed E-state index contributed by atoms with van der Waals surface area (Å²) in [5, 5.41) is 21.5. The number of carbonyl (C=O) groups is 3. The van der Waals surface area contributed by atoms with Gasteiger partial charge in [-0.25, -0.2) is 4.79 Å². The number of Topliss-reactive ketones (excluding diaryl/α,β-unsaturated/α-hetero) is 2. The van der Waals surface area contributed by atoms with Gasteiger partial charge in [0.2, 0.25) is 0 Å². The number of carbonyl (C=O) groups excluding carboxylic acids is 3. The number of phenols is 2. The number of ketones is 2. The van der Waals surface area contributed by atoms with E-state index in [0.717, 1.165) is 11.1 Å². The second-order valence-corrected chi connectivity index (χ2v) is 12.4. The minimum absolute atomic E-state index is 0.000146. The van der Waals surface area contributed by atoms with E-state index in [-0.39, 0.29) is 35.2 Å². The molecule has 0 aliphatic heterocycles. The number of rotatable bonds is 8. The molecule has 0 fully saturated rings. The Hall–Kier alpha value is -3.25. The fourth-order valence-electron chi connectivity index (χ4n) is 4.70. The Morgan fingerprint density at radius 2 is 1.27 bits per heavy atom. The molecule has 0 saturated carbocycles. The predicted molar refractivity (Wildman–Crippen MR) is 174 cm³/mol. The third kappa shape index (κ3) is 6.33. The number of aromatic hydroxyl groups is 2. The SMILES string of the molecule is CC(=O)c1cc(C(C)=O)cc(C(C)(c2cc(I)c(O)c(I)c2)c2cc(C)c(O)c(C(=O)OCc3ccccc3)c2)c1. The number of halogens is 2. The number of esters is 1. The van der Waals surface area contributed by atoms with Gasteiger partial charge < -0.3 is 14.9 Å². The summed E-state index contributed by atoms with van der Waals surface area (Å²) < 4.78 is 6.79. The van der Waals surface area contributed by atoms with Crippen LogP contribution in [0.4, 0.5) is 0 Å². The fourth-order valence-corrected chi connectivity index (χ4v) is 6.47. The van der Waals surface area contributed by atoms with Crippen molar-refractivity contribution in [3.05, 3.63) is 124 Å². The molecule has 210 valence electrons. The van der Waals surface area contributed by atoms with E-state index in [1.165, 1.54) is 13.8 Å². The average Bonchev–Trinajstić information content (AvgIpc) is 2.95. The van der Waals surface area contributed by atoms with Crippen molar-refractivity contribution < 1.29 is 29.3 Å². The second kappa shape index (κ2) is 12.3. The lowest BCUT2D eigenvalue weighted by molar-refractivity contribution is 0.0468. The summed E-state index contributed by atoms with van der Waals surface area (Å²) in [7, 11) is 0. The molecule has 0 aromatic heterocycles. The molecule has 1 unspecified atom stereocenters. The van der Waals surface area contributed by atoms with Gasteiger partial charge in [-0.15, -0.1) is 0 Å². The molecular weight excluding hydrogens is 746 g/mol. The van der Waals surface area contributed by atoms with Crippen LogP contribution in [0.1, 0.15) is 79.7 Å². The smallest absolute Gasteiger partial charge is 0.342 e. The van der Waals surface area contributed by atoms with E-state index in [1.54, 1.807) is 37.3 Å². The van der Waals surface area contributed by atoms with Crippen molar-refractivity contribution in [3.8, 4) is 11.5 Å². The molecule has 0 spiro atoms. The van der Waals surface area contributed by atoms with Gasteiger partial charge in [0.05, 0.1) is 7.14 Å². The number of benzene rings is 4. The second-order valence-electron chi connectivity index (χ2n) is 10.1. The molecule has 0 heterocycles. The lowest BCUT2D eigenvalue weighted by Crippen LogP contribution is -2.27. The first-order chi connectivity index (χ1) is 19.3. The van der Waals surface area contributed by atoms with Crippen LogP contribution in [-0.2, 0) is 16.8 Å². The van der Waals surface area contributed by atoms with E-state index < -0.39 is 11.4 Å². The lowest BCUT2D eigenvalue weighted by Gasteiger charge is -2.34. The highest BCUT2D eigenvalue weighted by Gasteiger charge is 2.35. The third-order valence-corrected chi connectivity index (χ3v) is 8.87. The topological polar surface area (TPSA) is 101 Å². The first-order valence-electron chi connectivity index (χ1n) is 12.7. The zero-order chi connectivity index (χ0) is 30.1. The van der Waals surface area contributed by atoms with Crippen LogP contribution in [0.2, 0.25) is 0 Å². The Morgan fingerprint density at radius 1 is 0.756 bits per heavy atom. The number of phenolic OH excluding ortho intramolecular Hbond substituents is 2. The molecule has 0 aliphatic rings. The Bertz CT molecular complexity index is 1620. The molecule has 0 aliphatic carbocycles. The number of hydrogen-bond donors (Lipinski definition) is 2. The number of aryl methyl sites for hydroxylation is 1. The average molecular weight is 774 g/mol. The zero-order valence-corrected chi connectivity index (χ0v) is 27.2. The maximum atomic E-state index is 13.3. The van der Waals surface area contributed by atoms with E-state index in [0.29, 0.717) is 35.0 Å². The fraction of sp³-hybridized carbons (Fsp3) is 0.182. The van der Waals surface area contributed by atoms with Crippen LogP contribution in [0.15, 0.2) is 72.8 Å². The maximum absolute atomic E-state index is 13.3. The minimum atomic E-state index is -1.02. The molecule has 4 rings (SSSR count). The summed E-state index contributed by atoms with van der Waals surface area (Å²) in [6, 6.07) is 21.4. The normalized spacial score (nSPS) is 12.4. The van der Waals surface area contributed by atoms with Crippen LogP contribution in [-0.4, -0.2) is 27.7 Å². The largest absolute Gasteiger partial charge is 0.507 e. The van der Waals surface area contributed by atoms with Crippen LogP contribution < -0.4 is 0 Å². The van der Waals surface area contributed by atoms with Crippen LogP contribution in [0.3, 0.4) is 0 Å². The van der Waals surface area contributed by atoms with Gasteiger partial charge in [0.25, 0.3) is 0 Å². The molecule has 8 heteroatoms. The Kier molecular flexibility index (Phi) is 9.22. The highest BCUT2D eigenvalue weighted by atomic mass is 127. The van der Waals surface area contributed by atoms with Gasteiger partial charge in [-0.1, -0.05) is 36.4 Å². The standard InChI is InChI=1S/C33H28I2O6/c1-18-10-24(14-27(30(18)38)32(40)41-17-21-8-6-5-7-9-21)33(4,26-15-28(34)31(39)29(35)16-26)25-12-22(19(2)36)11-23(13-25)20(3)37/h5-16,38-39H,17H2,1-4H3. The van der Waals surface area contributed by atoms with Crippen LogP contribution in [0.5, 0.6) is 11.5 Å². The summed E-state index contributed by atoms with van der Waals surface area (Å²) in [5.41, 5.74) is 3.03. The van der Waals surface area contributed by atoms with E-state index in [9.17, 15) is 24.6 Å². The summed E-state index contributed by atoms with van der Waals surface area (Å²) in [6.45, 7) is 6.55. The third-order valence-electron chi connectivity index (χ3n) is 7.23. The van der Waals surface area contributed by atoms with Crippen molar-refractivity contribution in [2.24, 2.45) is 0 Å². The molecule has 4 aromatic carbocycles. The minimum Gasteiger partial charge on any atom is -0.507 e. The summed E-state index contributed by atoms with van der Waals surface area (Å²) in [6.07, 6.45) is 0. The van der Waals surface area contributed by atoms with E-state index in [2.05, 4.69) is 45.2 Å². The van der Waals surface area contributed by atoms with Gasteiger partial charge in [-0.2, -0.15) is 0 Å². The quantitative estimate of drug-likeness (QED) is 0.0823. The summed E-state index contributed by atoms with van der Waals surface area (Å²) in [5.74, 6) is -1.12. The van der Waals surface area contributed by atoms with Crippen LogP contribution in [0, 0.1) is 14.1 Å². The van der Waals surface area contributed by atoms with Crippen molar-refractivity contribution in [1.29, 1.82) is 0 Å². The molecule has 0 saturated heterocycles. The molecule has 0 bridgehead atoms. The van der Waals surface area contributed by atoms with Crippen molar-refractivity contribution in [3.63, 3.8) is 0 Å². The Labute approximate surface area is 266 Å².